The summed E-state index contributed by atoms with van der Waals surface area (Å²) in [5.41, 5.74) is 3.22. The fourth-order valence-corrected chi connectivity index (χ4v) is 4.31. The molecule has 8 nitrogen and oxygen atoms in total. The first-order valence-electron chi connectivity index (χ1n) is 11.9. The summed E-state index contributed by atoms with van der Waals surface area (Å²) in [7, 11) is 3.17. The van der Waals surface area contributed by atoms with E-state index in [9.17, 15) is 9.59 Å². The monoisotopic (exact) mass is 479 g/mol. The Bertz CT molecular complexity index is 1140. The highest BCUT2D eigenvalue weighted by Gasteiger charge is 2.31. The highest BCUT2D eigenvalue weighted by atomic mass is 16.5. The van der Waals surface area contributed by atoms with Crippen LogP contribution in [0.1, 0.15) is 48.0 Å². The van der Waals surface area contributed by atoms with E-state index in [1.807, 2.05) is 29.2 Å². The van der Waals surface area contributed by atoms with Gasteiger partial charge >= 0.3 is 5.97 Å². The van der Waals surface area contributed by atoms with Gasteiger partial charge < -0.3 is 24.0 Å². The Labute approximate surface area is 206 Å². The Hall–Kier alpha value is -3.55. The van der Waals surface area contributed by atoms with Gasteiger partial charge in [0, 0.05) is 49.8 Å². The van der Waals surface area contributed by atoms with Crippen LogP contribution in [0, 0.1) is 0 Å². The zero-order valence-electron chi connectivity index (χ0n) is 21.1. The first-order chi connectivity index (χ1) is 16.7. The molecule has 1 fully saturated rings. The summed E-state index contributed by atoms with van der Waals surface area (Å²) in [6, 6.07) is 7.56. The molecule has 1 aromatic carbocycles. The van der Waals surface area contributed by atoms with Crippen LogP contribution in [0.15, 0.2) is 30.3 Å². The number of amides is 1. The number of piperazine rings is 1. The number of nitrogens with zero attached hydrogens (tertiary/aromatic N) is 3. The number of cyclic esters (lactones) is 1. The Morgan fingerprint density at radius 2 is 1.77 bits per heavy atom. The maximum absolute atomic E-state index is 12.8. The summed E-state index contributed by atoms with van der Waals surface area (Å²) >= 11 is 0. The highest BCUT2D eigenvalue weighted by Crippen LogP contribution is 2.32. The van der Waals surface area contributed by atoms with Gasteiger partial charge in [-0.15, -0.1) is 0 Å². The zero-order chi connectivity index (χ0) is 25.2. The average Bonchev–Trinajstić information content (AvgIpc) is 2.86. The van der Waals surface area contributed by atoms with Gasteiger partial charge in [-0.05, 0) is 35.4 Å². The molecule has 0 spiro atoms. The van der Waals surface area contributed by atoms with Crippen LogP contribution in [-0.2, 0) is 21.4 Å². The van der Waals surface area contributed by atoms with Gasteiger partial charge in [-0.1, -0.05) is 26.8 Å². The number of methoxy groups -OCH3 is 2. The van der Waals surface area contributed by atoms with Gasteiger partial charge in [0.2, 0.25) is 5.91 Å². The van der Waals surface area contributed by atoms with Crippen molar-refractivity contribution in [1.29, 1.82) is 0 Å². The van der Waals surface area contributed by atoms with E-state index in [0.717, 1.165) is 16.8 Å². The molecule has 0 bridgehead atoms. The van der Waals surface area contributed by atoms with E-state index in [-0.39, 0.29) is 17.3 Å². The number of carbonyl (C=O) groups excluding carboxylic acids is 2. The number of carbonyl (C=O) groups is 2. The predicted octanol–water partition coefficient (Wildman–Crippen LogP) is 3.47. The van der Waals surface area contributed by atoms with Crippen LogP contribution in [0.2, 0.25) is 0 Å². The van der Waals surface area contributed by atoms with Crippen LogP contribution in [-0.4, -0.2) is 68.8 Å². The molecule has 1 aromatic heterocycles. The summed E-state index contributed by atoms with van der Waals surface area (Å²) in [5.74, 6) is 1.55. The van der Waals surface area contributed by atoms with Crippen molar-refractivity contribution in [2.75, 3.05) is 51.9 Å². The second-order valence-electron chi connectivity index (χ2n) is 9.76. The largest absolute Gasteiger partial charge is 0.493 e. The van der Waals surface area contributed by atoms with E-state index in [1.165, 1.54) is 0 Å². The molecule has 1 saturated heterocycles. The number of pyridine rings is 1. The van der Waals surface area contributed by atoms with E-state index >= 15 is 0 Å². The van der Waals surface area contributed by atoms with Gasteiger partial charge in [-0.3, -0.25) is 4.79 Å². The molecular weight excluding hydrogens is 446 g/mol. The molecule has 2 aromatic rings. The number of hydrogen-bond acceptors (Lipinski definition) is 7. The van der Waals surface area contributed by atoms with Gasteiger partial charge in [0.1, 0.15) is 11.4 Å². The zero-order valence-corrected chi connectivity index (χ0v) is 21.1. The number of rotatable bonds is 5. The van der Waals surface area contributed by atoms with Gasteiger partial charge in [0.25, 0.3) is 0 Å². The fourth-order valence-electron chi connectivity index (χ4n) is 4.31. The number of anilines is 1. The highest BCUT2D eigenvalue weighted by molar-refractivity contribution is 5.97. The quantitative estimate of drug-likeness (QED) is 0.480. The number of esters is 1. The molecule has 2 aliphatic rings. The van der Waals surface area contributed by atoms with Crippen LogP contribution in [0.5, 0.6) is 11.5 Å². The minimum Gasteiger partial charge on any atom is -0.493 e. The van der Waals surface area contributed by atoms with Crippen molar-refractivity contribution in [3.63, 3.8) is 0 Å². The lowest BCUT2D eigenvalue weighted by atomic mass is 9.89. The van der Waals surface area contributed by atoms with Crippen LogP contribution in [0.3, 0.4) is 0 Å². The number of ether oxygens (including phenoxy) is 3. The van der Waals surface area contributed by atoms with Crippen molar-refractivity contribution in [1.82, 2.24) is 9.88 Å². The minimum absolute atomic E-state index is 0.0581. The minimum atomic E-state index is -0.314. The summed E-state index contributed by atoms with van der Waals surface area (Å²) in [6.07, 6.45) is 4.05. The maximum Gasteiger partial charge on any atom is 0.342 e. The van der Waals surface area contributed by atoms with Crippen LogP contribution < -0.4 is 14.4 Å². The Kier molecular flexibility index (Phi) is 7.00. The van der Waals surface area contributed by atoms with E-state index in [0.29, 0.717) is 62.1 Å². The van der Waals surface area contributed by atoms with E-state index in [1.54, 1.807) is 26.4 Å². The van der Waals surface area contributed by atoms with E-state index in [4.69, 9.17) is 19.2 Å². The molecule has 4 rings (SSSR count). The lowest BCUT2D eigenvalue weighted by Crippen LogP contribution is -2.49. The Morgan fingerprint density at radius 1 is 1.06 bits per heavy atom. The topological polar surface area (TPSA) is 81.2 Å². The van der Waals surface area contributed by atoms with E-state index in [2.05, 4.69) is 25.7 Å². The molecule has 1 amide bonds. The molecule has 0 N–H and O–H groups in total. The second kappa shape index (κ2) is 9.98. The molecule has 35 heavy (non-hydrogen) atoms. The lowest BCUT2D eigenvalue weighted by molar-refractivity contribution is -0.126. The van der Waals surface area contributed by atoms with Crippen molar-refractivity contribution in [3.8, 4) is 11.5 Å². The molecule has 0 atom stereocenters. The summed E-state index contributed by atoms with van der Waals surface area (Å²) in [5, 5.41) is 0. The number of benzene rings is 1. The van der Waals surface area contributed by atoms with Gasteiger partial charge in [0.15, 0.2) is 11.5 Å². The summed E-state index contributed by atoms with van der Waals surface area (Å²) in [6.45, 7) is 9.02. The molecule has 3 heterocycles. The number of fused-ring (bicyclic) bond motifs is 1. The van der Waals surface area contributed by atoms with E-state index < -0.39 is 0 Å². The molecule has 2 aliphatic heterocycles. The third kappa shape index (κ3) is 5.26. The smallest absolute Gasteiger partial charge is 0.342 e. The van der Waals surface area contributed by atoms with Crippen molar-refractivity contribution >= 4 is 23.8 Å². The molecule has 0 radical (unpaired) electrons. The standard InChI is InChI=1S/C27H33N3O5/c1-27(2,3)22-17-19-10-15-35-26(32)24(19)25(28-22)30-13-11-29(12-14-30)23(31)9-7-18-6-8-20(33-4)21(16-18)34-5/h6-9,16-17H,10-15H2,1-5H3. The third-order valence-corrected chi connectivity index (χ3v) is 6.38. The molecule has 0 unspecified atom stereocenters. The molecule has 186 valence electrons. The van der Waals surface area contributed by atoms with Gasteiger partial charge in [-0.2, -0.15) is 0 Å². The van der Waals surface area contributed by atoms with Crippen LogP contribution >= 0.6 is 0 Å². The van der Waals surface area contributed by atoms with Crippen molar-refractivity contribution in [2.45, 2.75) is 32.6 Å². The fraction of sp³-hybridized carbons (Fsp3) is 0.444. The Balaban J connectivity index is 1.48. The normalized spacial score (nSPS) is 16.2. The lowest BCUT2D eigenvalue weighted by Gasteiger charge is -2.37. The first kappa shape index (κ1) is 24.6. The van der Waals surface area contributed by atoms with Crippen LogP contribution in [0.4, 0.5) is 5.82 Å². The maximum atomic E-state index is 12.8. The van der Waals surface area contributed by atoms with Crippen LogP contribution in [0.25, 0.3) is 6.08 Å². The van der Waals surface area contributed by atoms with Crippen molar-refractivity contribution < 1.29 is 23.8 Å². The number of aromatic nitrogens is 1. The SMILES string of the molecule is COc1ccc(C=CC(=O)N2CCN(c3nc(C(C)(C)C)cc4c3C(=O)OCC4)CC2)cc1OC. The number of hydrogen-bond donors (Lipinski definition) is 0. The third-order valence-electron chi connectivity index (χ3n) is 6.38. The van der Waals surface area contributed by atoms with Crippen molar-refractivity contribution in [3.05, 3.63) is 52.7 Å². The molecule has 0 saturated carbocycles. The second-order valence-corrected chi connectivity index (χ2v) is 9.76. The molecule has 0 aliphatic carbocycles. The first-order valence-corrected chi connectivity index (χ1v) is 11.9. The molecular formula is C27H33N3O5. The molecule has 8 heteroatoms. The van der Waals surface area contributed by atoms with Gasteiger partial charge in [-0.25, -0.2) is 9.78 Å². The summed E-state index contributed by atoms with van der Waals surface area (Å²) < 4.78 is 15.9. The summed E-state index contributed by atoms with van der Waals surface area (Å²) in [4.78, 5) is 34.3. The Morgan fingerprint density at radius 3 is 2.43 bits per heavy atom. The van der Waals surface area contributed by atoms with Crippen molar-refractivity contribution in [2.24, 2.45) is 0 Å². The average molecular weight is 480 g/mol. The predicted molar refractivity (Wildman–Crippen MR) is 134 cm³/mol. The van der Waals surface area contributed by atoms with Gasteiger partial charge in [0.05, 0.1) is 20.8 Å².